The lowest BCUT2D eigenvalue weighted by Gasteiger charge is -2.21. The third-order valence-corrected chi connectivity index (χ3v) is 5.56. The molecule has 2 aromatic rings. The van der Waals surface area contributed by atoms with Gasteiger partial charge in [0.1, 0.15) is 5.75 Å². The lowest BCUT2D eigenvalue weighted by Crippen LogP contribution is -2.23. The summed E-state index contributed by atoms with van der Waals surface area (Å²) in [6.45, 7) is 5.12. The number of thiophene rings is 1. The van der Waals surface area contributed by atoms with Gasteiger partial charge in [0.05, 0.1) is 18.2 Å². The predicted octanol–water partition coefficient (Wildman–Crippen LogP) is 5.57. The number of methoxy groups -OCH3 is 1. The maximum absolute atomic E-state index is 6.49. The van der Waals surface area contributed by atoms with E-state index in [1.807, 2.05) is 19.1 Å². The van der Waals surface area contributed by atoms with Gasteiger partial charge in [0.15, 0.2) is 0 Å². The molecule has 0 amide bonds. The molecule has 0 bridgehead atoms. The van der Waals surface area contributed by atoms with Gasteiger partial charge in [-0.25, -0.2) is 0 Å². The monoisotopic (exact) mass is 387 g/mol. The van der Waals surface area contributed by atoms with Gasteiger partial charge in [0, 0.05) is 14.9 Å². The Labute approximate surface area is 143 Å². The van der Waals surface area contributed by atoms with E-state index in [-0.39, 0.29) is 6.04 Å². The van der Waals surface area contributed by atoms with Gasteiger partial charge >= 0.3 is 0 Å². The molecule has 0 aliphatic carbocycles. The van der Waals surface area contributed by atoms with Crippen LogP contribution in [-0.4, -0.2) is 13.7 Å². The first kappa shape index (κ1) is 16.8. The Balaban J connectivity index is 2.50. The Bertz CT molecular complexity index is 614. The van der Waals surface area contributed by atoms with Crippen LogP contribution in [0.2, 0.25) is 5.02 Å². The molecule has 1 unspecified atom stereocenters. The second-order valence-electron chi connectivity index (χ2n) is 4.87. The average molecular weight is 389 g/mol. The maximum Gasteiger partial charge on any atom is 0.124 e. The lowest BCUT2D eigenvalue weighted by atomic mass is 10.0. The number of ether oxygens (including phenoxy) is 1. The Morgan fingerprint density at radius 2 is 2.19 bits per heavy atom. The van der Waals surface area contributed by atoms with E-state index < -0.39 is 0 Å². The highest BCUT2D eigenvalue weighted by Gasteiger charge is 2.22. The summed E-state index contributed by atoms with van der Waals surface area (Å²) in [6.07, 6.45) is 1.06. The Hall–Kier alpha value is -0.550. The van der Waals surface area contributed by atoms with Crippen LogP contribution in [-0.2, 0) is 0 Å². The summed E-state index contributed by atoms with van der Waals surface area (Å²) in [5.41, 5.74) is 2.22. The standard InChI is InChI=1S/C16H19BrClNOS/c1-4-7-19-15(16-14(18)10(2)9-21-16)12-8-11(17)5-6-13(12)20-3/h5-6,8-9,15,19H,4,7H2,1-3H3. The van der Waals surface area contributed by atoms with Crippen LogP contribution in [0.1, 0.15) is 35.4 Å². The van der Waals surface area contributed by atoms with Gasteiger partial charge in [0.25, 0.3) is 0 Å². The molecule has 21 heavy (non-hydrogen) atoms. The summed E-state index contributed by atoms with van der Waals surface area (Å²) in [4.78, 5) is 1.14. The van der Waals surface area contributed by atoms with Crippen LogP contribution in [0, 0.1) is 6.92 Å². The first-order chi connectivity index (χ1) is 10.1. The van der Waals surface area contributed by atoms with E-state index in [9.17, 15) is 0 Å². The molecule has 0 radical (unpaired) electrons. The lowest BCUT2D eigenvalue weighted by molar-refractivity contribution is 0.404. The summed E-state index contributed by atoms with van der Waals surface area (Å²) in [5.74, 6) is 0.869. The zero-order valence-electron chi connectivity index (χ0n) is 12.4. The van der Waals surface area contributed by atoms with E-state index in [4.69, 9.17) is 16.3 Å². The molecule has 1 N–H and O–H groups in total. The van der Waals surface area contributed by atoms with Gasteiger partial charge < -0.3 is 10.1 Å². The van der Waals surface area contributed by atoms with Crippen molar-refractivity contribution in [3.8, 4) is 5.75 Å². The molecule has 114 valence electrons. The molecule has 0 saturated carbocycles. The maximum atomic E-state index is 6.49. The summed E-state index contributed by atoms with van der Waals surface area (Å²) < 4.78 is 6.56. The molecule has 0 fully saturated rings. The van der Waals surface area contributed by atoms with Gasteiger partial charge in [-0.1, -0.05) is 34.5 Å². The minimum atomic E-state index is 0.0450. The summed E-state index contributed by atoms with van der Waals surface area (Å²) in [5, 5.41) is 6.53. The summed E-state index contributed by atoms with van der Waals surface area (Å²) in [6, 6.07) is 6.11. The number of rotatable bonds is 6. The van der Waals surface area contributed by atoms with Crippen molar-refractivity contribution in [1.82, 2.24) is 5.32 Å². The van der Waals surface area contributed by atoms with Crippen LogP contribution in [0.3, 0.4) is 0 Å². The molecule has 0 aliphatic rings. The zero-order valence-corrected chi connectivity index (χ0v) is 15.5. The fourth-order valence-corrected chi connectivity index (χ4v) is 3.98. The highest BCUT2D eigenvalue weighted by Crippen LogP contribution is 2.39. The van der Waals surface area contributed by atoms with Crippen molar-refractivity contribution in [1.29, 1.82) is 0 Å². The van der Waals surface area contributed by atoms with Crippen LogP contribution < -0.4 is 10.1 Å². The Morgan fingerprint density at radius 1 is 1.43 bits per heavy atom. The normalized spacial score (nSPS) is 12.4. The second-order valence-corrected chi connectivity index (χ2v) is 7.08. The molecule has 5 heteroatoms. The largest absolute Gasteiger partial charge is 0.496 e. The third kappa shape index (κ3) is 3.81. The molecule has 2 rings (SSSR count). The van der Waals surface area contributed by atoms with E-state index in [0.717, 1.165) is 44.2 Å². The molecule has 0 spiro atoms. The molecule has 0 aliphatic heterocycles. The predicted molar refractivity (Wildman–Crippen MR) is 94.9 cm³/mol. The molecule has 1 aromatic heterocycles. The highest BCUT2D eigenvalue weighted by atomic mass is 79.9. The van der Waals surface area contributed by atoms with Crippen molar-refractivity contribution >= 4 is 38.9 Å². The molecule has 0 saturated heterocycles. The first-order valence-electron chi connectivity index (χ1n) is 6.88. The fourth-order valence-electron chi connectivity index (χ4n) is 2.21. The first-order valence-corrected chi connectivity index (χ1v) is 8.93. The number of aryl methyl sites for hydroxylation is 1. The van der Waals surface area contributed by atoms with Gasteiger partial charge in [-0.3, -0.25) is 0 Å². The zero-order chi connectivity index (χ0) is 15.4. The van der Waals surface area contributed by atoms with Gasteiger partial charge in [0.2, 0.25) is 0 Å². The third-order valence-electron chi connectivity index (χ3n) is 3.29. The number of halogens is 2. The Kier molecular flexibility index (Phi) is 6.11. The van der Waals surface area contributed by atoms with E-state index in [2.05, 4.69) is 39.6 Å². The van der Waals surface area contributed by atoms with Crippen molar-refractivity contribution in [2.24, 2.45) is 0 Å². The SMILES string of the molecule is CCCNC(c1cc(Br)ccc1OC)c1scc(C)c1Cl. The molecular weight excluding hydrogens is 370 g/mol. The minimum absolute atomic E-state index is 0.0450. The van der Waals surface area contributed by atoms with Crippen molar-refractivity contribution in [3.63, 3.8) is 0 Å². The van der Waals surface area contributed by atoms with Crippen molar-refractivity contribution in [2.75, 3.05) is 13.7 Å². The number of hydrogen-bond acceptors (Lipinski definition) is 3. The van der Waals surface area contributed by atoms with Crippen LogP contribution in [0.25, 0.3) is 0 Å². The molecule has 1 heterocycles. The number of hydrogen-bond donors (Lipinski definition) is 1. The smallest absolute Gasteiger partial charge is 0.124 e. The summed E-state index contributed by atoms with van der Waals surface area (Å²) in [7, 11) is 1.70. The van der Waals surface area contributed by atoms with Gasteiger partial charge in [-0.2, -0.15) is 0 Å². The van der Waals surface area contributed by atoms with E-state index in [1.165, 1.54) is 0 Å². The van der Waals surface area contributed by atoms with Crippen LogP contribution in [0.15, 0.2) is 28.1 Å². The summed E-state index contributed by atoms with van der Waals surface area (Å²) >= 11 is 11.7. The number of nitrogens with one attached hydrogen (secondary N) is 1. The van der Waals surface area contributed by atoms with E-state index in [0.29, 0.717) is 0 Å². The molecule has 2 nitrogen and oxygen atoms in total. The van der Waals surface area contributed by atoms with Crippen LogP contribution >= 0.6 is 38.9 Å². The van der Waals surface area contributed by atoms with Gasteiger partial charge in [-0.15, -0.1) is 11.3 Å². The van der Waals surface area contributed by atoms with E-state index >= 15 is 0 Å². The molecule has 1 atom stereocenters. The minimum Gasteiger partial charge on any atom is -0.496 e. The average Bonchev–Trinajstić information content (AvgIpc) is 2.80. The van der Waals surface area contributed by atoms with Crippen molar-refractivity contribution in [3.05, 3.63) is 49.1 Å². The van der Waals surface area contributed by atoms with Crippen LogP contribution in [0.4, 0.5) is 0 Å². The second kappa shape index (κ2) is 7.63. The highest BCUT2D eigenvalue weighted by molar-refractivity contribution is 9.10. The topological polar surface area (TPSA) is 21.3 Å². The van der Waals surface area contributed by atoms with Gasteiger partial charge in [-0.05, 0) is 49.0 Å². The Morgan fingerprint density at radius 3 is 2.76 bits per heavy atom. The van der Waals surface area contributed by atoms with Crippen molar-refractivity contribution < 1.29 is 4.74 Å². The quantitative estimate of drug-likeness (QED) is 0.698. The van der Waals surface area contributed by atoms with E-state index in [1.54, 1.807) is 18.4 Å². The fraction of sp³-hybridized carbons (Fsp3) is 0.375. The number of benzene rings is 1. The van der Waals surface area contributed by atoms with Crippen LogP contribution in [0.5, 0.6) is 5.75 Å². The molecule has 1 aromatic carbocycles. The molecular formula is C16H19BrClNOS. The van der Waals surface area contributed by atoms with Crippen molar-refractivity contribution in [2.45, 2.75) is 26.3 Å².